The van der Waals surface area contributed by atoms with Crippen LogP contribution in [0.4, 0.5) is 0 Å². The standard InChI is InChI=1S/C15H23N/c1-4-15(13(2)3)16-12-8-11-14-9-6-5-7-10-14/h5-11,13,15-16H,4,12H2,1-3H3. The second-order valence-electron chi connectivity index (χ2n) is 4.48. The van der Waals surface area contributed by atoms with Crippen LogP contribution < -0.4 is 5.32 Å². The Kier molecular flexibility index (Phi) is 5.87. The minimum absolute atomic E-state index is 0.625. The fraction of sp³-hybridized carbons (Fsp3) is 0.467. The van der Waals surface area contributed by atoms with E-state index < -0.39 is 0 Å². The largest absolute Gasteiger partial charge is 0.310 e. The Bertz CT molecular complexity index is 300. The van der Waals surface area contributed by atoms with E-state index in [2.05, 4.69) is 62.5 Å². The fourth-order valence-electron chi connectivity index (χ4n) is 1.83. The number of benzene rings is 1. The predicted molar refractivity (Wildman–Crippen MR) is 72.4 cm³/mol. The zero-order valence-corrected chi connectivity index (χ0v) is 10.6. The molecule has 0 saturated carbocycles. The average molecular weight is 217 g/mol. The van der Waals surface area contributed by atoms with Gasteiger partial charge in [0.15, 0.2) is 0 Å². The van der Waals surface area contributed by atoms with Gasteiger partial charge in [-0.1, -0.05) is 63.3 Å². The lowest BCUT2D eigenvalue weighted by Crippen LogP contribution is -2.33. The van der Waals surface area contributed by atoms with Gasteiger partial charge in [0.25, 0.3) is 0 Å². The van der Waals surface area contributed by atoms with E-state index in [-0.39, 0.29) is 0 Å². The SMILES string of the molecule is CCC(NCC=Cc1ccccc1)C(C)C. The van der Waals surface area contributed by atoms with E-state index in [0.29, 0.717) is 12.0 Å². The smallest absolute Gasteiger partial charge is 0.0140 e. The third-order valence-electron chi connectivity index (χ3n) is 2.85. The van der Waals surface area contributed by atoms with Gasteiger partial charge in [-0.15, -0.1) is 0 Å². The van der Waals surface area contributed by atoms with Gasteiger partial charge in [-0.25, -0.2) is 0 Å². The quantitative estimate of drug-likeness (QED) is 0.765. The van der Waals surface area contributed by atoms with Crippen molar-refractivity contribution >= 4 is 6.08 Å². The van der Waals surface area contributed by atoms with E-state index in [1.165, 1.54) is 12.0 Å². The third-order valence-corrected chi connectivity index (χ3v) is 2.85. The minimum atomic E-state index is 0.625. The highest BCUT2D eigenvalue weighted by Gasteiger charge is 2.07. The van der Waals surface area contributed by atoms with E-state index in [1.54, 1.807) is 0 Å². The van der Waals surface area contributed by atoms with Gasteiger partial charge in [-0.3, -0.25) is 0 Å². The first-order valence-electron chi connectivity index (χ1n) is 6.19. The van der Waals surface area contributed by atoms with Gasteiger partial charge in [0.2, 0.25) is 0 Å². The van der Waals surface area contributed by atoms with E-state index in [4.69, 9.17) is 0 Å². The molecule has 0 bridgehead atoms. The van der Waals surface area contributed by atoms with Gasteiger partial charge in [0.1, 0.15) is 0 Å². The lowest BCUT2D eigenvalue weighted by molar-refractivity contribution is 0.404. The second kappa shape index (κ2) is 7.24. The number of hydrogen-bond acceptors (Lipinski definition) is 1. The summed E-state index contributed by atoms with van der Waals surface area (Å²) in [6.45, 7) is 7.72. The van der Waals surface area contributed by atoms with Gasteiger partial charge < -0.3 is 5.32 Å². The van der Waals surface area contributed by atoms with Crippen LogP contribution in [0.2, 0.25) is 0 Å². The lowest BCUT2D eigenvalue weighted by Gasteiger charge is -2.19. The van der Waals surface area contributed by atoms with Crippen molar-refractivity contribution in [1.82, 2.24) is 5.32 Å². The summed E-state index contributed by atoms with van der Waals surface area (Å²) in [7, 11) is 0. The molecule has 1 N–H and O–H groups in total. The molecule has 88 valence electrons. The second-order valence-corrected chi connectivity index (χ2v) is 4.48. The van der Waals surface area contributed by atoms with Crippen LogP contribution in [-0.2, 0) is 0 Å². The van der Waals surface area contributed by atoms with Crippen LogP contribution in [-0.4, -0.2) is 12.6 Å². The van der Waals surface area contributed by atoms with Crippen molar-refractivity contribution in [1.29, 1.82) is 0 Å². The predicted octanol–water partition coefficient (Wildman–Crippen LogP) is 3.72. The van der Waals surface area contributed by atoms with Crippen LogP contribution in [0.5, 0.6) is 0 Å². The van der Waals surface area contributed by atoms with Crippen molar-refractivity contribution in [2.75, 3.05) is 6.54 Å². The van der Waals surface area contributed by atoms with Crippen molar-refractivity contribution in [3.8, 4) is 0 Å². The summed E-state index contributed by atoms with van der Waals surface area (Å²) in [6, 6.07) is 11.0. The summed E-state index contributed by atoms with van der Waals surface area (Å²) in [6.07, 6.45) is 5.55. The topological polar surface area (TPSA) is 12.0 Å². The van der Waals surface area contributed by atoms with Gasteiger partial charge in [-0.05, 0) is 17.9 Å². The molecule has 0 amide bonds. The molecule has 1 unspecified atom stereocenters. The number of nitrogens with one attached hydrogen (secondary N) is 1. The van der Waals surface area contributed by atoms with Crippen LogP contribution in [0.15, 0.2) is 36.4 Å². The monoisotopic (exact) mass is 217 g/mol. The molecular weight excluding hydrogens is 194 g/mol. The van der Waals surface area contributed by atoms with Gasteiger partial charge in [0.05, 0.1) is 0 Å². The highest BCUT2D eigenvalue weighted by molar-refractivity contribution is 5.48. The molecule has 0 saturated heterocycles. The van der Waals surface area contributed by atoms with E-state index >= 15 is 0 Å². The molecule has 0 radical (unpaired) electrons. The zero-order chi connectivity index (χ0) is 11.8. The van der Waals surface area contributed by atoms with Crippen molar-refractivity contribution in [2.45, 2.75) is 33.2 Å². The molecule has 0 aromatic heterocycles. The number of rotatable bonds is 6. The fourth-order valence-corrected chi connectivity index (χ4v) is 1.83. The highest BCUT2D eigenvalue weighted by Crippen LogP contribution is 2.05. The molecule has 1 nitrogen and oxygen atoms in total. The zero-order valence-electron chi connectivity index (χ0n) is 10.6. The molecule has 1 atom stereocenters. The Balaban J connectivity index is 2.32. The van der Waals surface area contributed by atoms with Crippen LogP contribution >= 0.6 is 0 Å². The maximum absolute atomic E-state index is 3.55. The molecule has 0 fully saturated rings. The van der Waals surface area contributed by atoms with Crippen LogP contribution in [0.1, 0.15) is 32.8 Å². The van der Waals surface area contributed by atoms with Gasteiger partial charge >= 0.3 is 0 Å². The Morgan fingerprint density at radius 2 is 1.88 bits per heavy atom. The van der Waals surface area contributed by atoms with Crippen molar-refractivity contribution in [3.63, 3.8) is 0 Å². The number of hydrogen-bond donors (Lipinski definition) is 1. The van der Waals surface area contributed by atoms with E-state index in [0.717, 1.165) is 6.54 Å². The maximum atomic E-state index is 3.55. The third kappa shape index (κ3) is 4.63. The summed E-state index contributed by atoms with van der Waals surface area (Å²) in [4.78, 5) is 0. The first-order chi connectivity index (χ1) is 7.74. The first kappa shape index (κ1) is 13.0. The molecule has 1 aromatic carbocycles. The normalized spacial score (nSPS) is 13.5. The molecule has 0 aliphatic heterocycles. The Morgan fingerprint density at radius 1 is 1.19 bits per heavy atom. The molecule has 0 aliphatic carbocycles. The molecule has 16 heavy (non-hydrogen) atoms. The minimum Gasteiger partial charge on any atom is -0.310 e. The molecule has 0 aliphatic rings. The first-order valence-corrected chi connectivity index (χ1v) is 6.19. The Labute approximate surface area is 99.6 Å². The van der Waals surface area contributed by atoms with E-state index in [1.807, 2.05) is 6.07 Å². The molecule has 1 aromatic rings. The molecule has 0 spiro atoms. The molecule has 1 heteroatoms. The van der Waals surface area contributed by atoms with Crippen LogP contribution in [0, 0.1) is 5.92 Å². The van der Waals surface area contributed by atoms with E-state index in [9.17, 15) is 0 Å². The summed E-state index contributed by atoms with van der Waals surface area (Å²) in [5.41, 5.74) is 1.27. The maximum Gasteiger partial charge on any atom is 0.0140 e. The lowest BCUT2D eigenvalue weighted by atomic mass is 10.0. The van der Waals surface area contributed by atoms with Crippen molar-refractivity contribution < 1.29 is 0 Å². The summed E-state index contributed by atoms with van der Waals surface area (Å²) < 4.78 is 0. The molecule has 0 heterocycles. The summed E-state index contributed by atoms with van der Waals surface area (Å²) >= 11 is 0. The van der Waals surface area contributed by atoms with Gasteiger partial charge in [0, 0.05) is 12.6 Å². The van der Waals surface area contributed by atoms with Crippen molar-refractivity contribution in [2.24, 2.45) is 5.92 Å². The van der Waals surface area contributed by atoms with Crippen LogP contribution in [0.3, 0.4) is 0 Å². The average Bonchev–Trinajstić information content (AvgIpc) is 2.30. The summed E-state index contributed by atoms with van der Waals surface area (Å²) in [5, 5.41) is 3.55. The van der Waals surface area contributed by atoms with Gasteiger partial charge in [-0.2, -0.15) is 0 Å². The Hall–Kier alpha value is -1.08. The Morgan fingerprint density at radius 3 is 2.44 bits per heavy atom. The highest BCUT2D eigenvalue weighted by atomic mass is 14.9. The molecular formula is C15H23N. The van der Waals surface area contributed by atoms with Crippen molar-refractivity contribution in [3.05, 3.63) is 42.0 Å². The summed E-state index contributed by atoms with van der Waals surface area (Å²) in [5.74, 6) is 0.704. The van der Waals surface area contributed by atoms with Crippen LogP contribution in [0.25, 0.3) is 6.08 Å². The molecule has 1 rings (SSSR count).